The van der Waals surface area contributed by atoms with E-state index in [1.165, 1.54) is 0 Å². The van der Waals surface area contributed by atoms with Gasteiger partial charge in [-0.2, -0.15) is 0 Å². The van der Waals surface area contributed by atoms with E-state index in [0.29, 0.717) is 24.2 Å². The van der Waals surface area contributed by atoms with Crippen LogP contribution in [0.2, 0.25) is 0 Å². The standard InChI is InChI=1S/C18H21N7O.ClH/c1-12-16(21-22-25(12)13-6-8-19-9-7-13)17(26)24-11-10-23-15-5-3-2-4-14(15)20-18(23)24;/h2-5,13,19H,6-11H2,1H3;1H. The lowest BCUT2D eigenvalue weighted by atomic mass is 10.1. The third-order valence-electron chi connectivity index (χ3n) is 5.45. The lowest BCUT2D eigenvalue weighted by Gasteiger charge is -2.23. The van der Waals surface area contributed by atoms with Crippen molar-refractivity contribution in [1.82, 2.24) is 29.9 Å². The highest BCUT2D eigenvalue weighted by Gasteiger charge is 2.32. The van der Waals surface area contributed by atoms with Crippen molar-refractivity contribution in [2.75, 3.05) is 24.5 Å². The van der Waals surface area contributed by atoms with Crippen LogP contribution >= 0.6 is 12.4 Å². The summed E-state index contributed by atoms with van der Waals surface area (Å²) < 4.78 is 4.02. The Morgan fingerprint density at radius 1 is 1.19 bits per heavy atom. The molecule has 1 N–H and O–H groups in total. The Balaban J connectivity index is 0.00000180. The molecule has 1 amide bonds. The van der Waals surface area contributed by atoms with E-state index >= 15 is 0 Å². The molecule has 1 saturated heterocycles. The minimum atomic E-state index is -0.114. The number of para-hydroxylation sites is 2. The Bertz CT molecular complexity index is 989. The molecule has 0 bridgehead atoms. The summed E-state index contributed by atoms with van der Waals surface area (Å²) in [4.78, 5) is 19.5. The number of imidazole rings is 1. The maximum atomic E-state index is 13.1. The van der Waals surface area contributed by atoms with Crippen molar-refractivity contribution in [3.63, 3.8) is 0 Å². The van der Waals surface area contributed by atoms with Crippen LogP contribution in [-0.2, 0) is 6.54 Å². The number of fused-ring (bicyclic) bond motifs is 3. The minimum absolute atomic E-state index is 0. The monoisotopic (exact) mass is 387 g/mol. The fraction of sp³-hybridized carbons (Fsp3) is 0.444. The number of nitrogens with one attached hydrogen (secondary N) is 1. The molecule has 4 heterocycles. The van der Waals surface area contributed by atoms with Gasteiger partial charge in [-0.25, -0.2) is 9.67 Å². The Morgan fingerprint density at radius 3 is 2.78 bits per heavy atom. The van der Waals surface area contributed by atoms with E-state index in [4.69, 9.17) is 0 Å². The summed E-state index contributed by atoms with van der Waals surface area (Å²) in [7, 11) is 0. The van der Waals surface area contributed by atoms with Crippen LogP contribution in [0.3, 0.4) is 0 Å². The first kappa shape index (κ1) is 17.9. The maximum absolute atomic E-state index is 13.1. The molecule has 5 rings (SSSR count). The predicted octanol–water partition coefficient (Wildman–Crippen LogP) is 1.94. The van der Waals surface area contributed by atoms with Crippen molar-refractivity contribution in [2.45, 2.75) is 32.4 Å². The van der Waals surface area contributed by atoms with Crippen LogP contribution < -0.4 is 10.2 Å². The number of hydrogen-bond donors (Lipinski definition) is 1. The van der Waals surface area contributed by atoms with Gasteiger partial charge in [0.05, 0.1) is 22.8 Å². The zero-order chi connectivity index (χ0) is 17.7. The van der Waals surface area contributed by atoms with E-state index in [1.807, 2.05) is 35.9 Å². The first-order valence-electron chi connectivity index (χ1n) is 9.13. The summed E-state index contributed by atoms with van der Waals surface area (Å²) in [5.41, 5.74) is 3.25. The second kappa shape index (κ2) is 6.94. The van der Waals surface area contributed by atoms with Crippen LogP contribution in [0, 0.1) is 6.92 Å². The van der Waals surface area contributed by atoms with Gasteiger partial charge >= 0.3 is 0 Å². The minimum Gasteiger partial charge on any atom is -0.317 e. The maximum Gasteiger partial charge on any atom is 0.283 e. The zero-order valence-corrected chi connectivity index (χ0v) is 15.9. The van der Waals surface area contributed by atoms with Gasteiger partial charge in [-0.15, -0.1) is 17.5 Å². The van der Waals surface area contributed by atoms with E-state index < -0.39 is 0 Å². The van der Waals surface area contributed by atoms with Crippen molar-refractivity contribution < 1.29 is 4.79 Å². The third kappa shape index (κ3) is 2.80. The summed E-state index contributed by atoms with van der Waals surface area (Å²) in [6.45, 7) is 5.26. The molecule has 8 nitrogen and oxygen atoms in total. The molecule has 1 aromatic carbocycles. The van der Waals surface area contributed by atoms with Crippen LogP contribution in [-0.4, -0.2) is 50.1 Å². The Labute approximate surface area is 163 Å². The molecular formula is C18H22ClN7O. The fourth-order valence-corrected chi connectivity index (χ4v) is 4.05. The lowest BCUT2D eigenvalue weighted by Crippen LogP contribution is -2.31. The predicted molar refractivity (Wildman–Crippen MR) is 105 cm³/mol. The molecule has 27 heavy (non-hydrogen) atoms. The Hall–Kier alpha value is -2.45. The van der Waals surface area contributed by atoms with Crippen molar-refractivity contribution >= 4 is 35.3 Å². The summed E-state index contributed by atoms with van der Waals surface area (Å²) in [5, 5.41) is 11.9. The zero-order valence-electron chi connectivity index (χ0n) is 15.1. The highest BCUT2D eigenvalue weighted by atomic mass is 35.5. The van der Waals surface area contributed by atoms with Crippen molar-refractivity contribution in [3.8, 4) is 0 Å². The molecule has 0 atom stereocenters. The number of halogens is 1. The van der Waals surface area contributed by atoms with Gasteiger partial charge in [-0.05, 0) is 45.0 Å². The number of rotatable bonds is 2. The topological polar surface area (TPSA) is 80.9 Å². The van der Waals surface area contributed by atoms with Crippen LogP contribution in [0.5, 0.6) is 0 Å². The number of benzene rings is 1. The molecule has 2 aliphatic rings. The molecule has 1 fully saturated rings. The van der Waals surface area contributed by atoms with Gasteiger partial charge < -0.3 is 9.88 Å². The highest BCUT2D eigenvalue weighted by Crippen LogP contribution is 2.29. The van der Waals surface area contributed by atoms with Crippen LogP contribution in [0.15, 0.2) is 24.3 Å². The number of amides is 1. The van der Waals surface area contributed by atoms with Crippen LogP contribution in [0.25, 0.3) is 11.0 Å². The average Bonchev–Trinajstić information content (AvgIpc) is 3.35. The second-order valence-electron chi connectivity index (χ2n) is 6.96. The number of carbonyl (C=O) groups is 1. The van der Waals surface area contributed by atoms with Gasteiger partial charge in [0.15, 0.2) is 5.69 Å². The summed E-state index contributed by atoms with van der Waals surface area (Å²) >= 11 is 0. The Morgan fingerprint density at radius 2 is 1.96 bits per heavy atom. The number of nitrogens with zero attached hydrogens (tertiary/aromatic N) is 6. The smallest absolute Gasteiger partial charge is 0.283 e. The molecule has 142 valence electrons. The van der Waals surface area contributed by atoms with E-state index in [2.05, 4.69) is 25.2 Å². The molecule has 3 aromatic rings. The van der Waals surface area contributed by atoms with Gasteiger partial charge in [-0.3, -0.25) is 9.69 Å². The quantitative estimate of drug-likeness (QED) is 0.726. The number of carbonyl (C=O) groups excluding carboxylic acids is 1. The molecule has 2 aromatic heterocycles. The molecule has 0 radical (unpaired) electrons. The molecule has 0 saturated carbocycles. The van der Waals surface area contributed by atoms with Crippen molar-refractivity contribution in [3.05, 3.63) is 35.7 Å². The summed E-state index contributed by atoms with van der Waals surface area (Å²) in [6, 6.07) is 8.29. The van der Waals surface area contributed by atoms with Gasteiger partial charge in [0.2, 0.25) is 5.95 Å². The molecule has 0 aliphatic carbocycles. The normalized spacial score (nSPS) is 17.1. The Kier molecular flexibility index (Phi) is 4.61. The van der Waals surface area contributed by atoms with Crippen LogP contribution in [0.1, 0.15) is 35.1 Å². The molecule has 0 spiro atoms. The molecule has 0 unspecified atom stereocenters. The number of piperidine rings is 1. The van der Waals surface area contributed by atoms with Gasteiger partial charge in [0.1, 0.15) is 0 Å². The SMILES string of the molecule is Cc1c(C(=O)N2CCn3c2nc2ccccc23)nnn1C1CCNCC1.Cl. The van der Waals surface area contributed by atoms with E-state index in [0.717, 1.165) is 49.2 Å². The largest absolute Gasteiger partial charge is 0.317 e. The fourth-order valence-electron chi connectivity index (χ4n) is 4.05. The molecular weight excluding hydrogens is 366 g/mol. The summed E-state index contributed by atoms with van der Waals surface area (Å²) in [6.07, 6.45) is 2.02. The summed E-state index contributed by atoms with van der Waals surface area (Å²) in [5.74, 6) is 0.587. The number of anilines is 1. The highest BCUT2D eigenvalue weighted by molar-refractivity contribution is 6.05. The molecule has 9 heteroatoms. The van der Waals surface area contributed by atoms with Gasteiger partial charge in [-0.1, -0.05) is 17.3 Å². The van der Waals surface area contributed by atoms with E-state index in [1.54, 1.807) is 4.90 Å². The van der Waals surface area contributed by atoms with E-state index in [9.17, 15) is 4.79 Å². The van der Waals surface area contributed by atoms with Crippen molar-refractivity contribution in [1.29, 1.82) is 0 Å². The first-order chi connectivity index (χ1) is 12.7. The number of aromatic nitrogens is 5. The van der Waals surface area contributed by atoms with Gasteiger partial charge in [0.25, 0.3) is 5.91 Å². The van der Waals surface area contributed by atoms with Crippen LogP contribution in [0.4, 0.5) is 5.95 Å². The molecule has 2 aliphatic heterocycles. The lowest BCUT2D eigenvalue weighted by molar-refractivity contribution is 0.0983. The number of hydrogen-bond acceptors (Lipinski definition) is 5. The van der Waals surface area contributed by atoms with E-state index in [-0.39, 0.29) is 18.3 Å². The average molecular weight is 388 g/mol. The van der Waals surface area contributed by atoms with Gasteiger partial charge in [0, 0.05) is 13.1 Å². The van der Waals surface area contributed by atoms with Crippen molar-refractivity contribution in [2.24, 2.45) is 0 Å². The third-order valence-corrected chi connectivity index (χ3v) is 5.45. The second-order valence-corrected chi connectivity index (χ2v) is 6.96. The first-order valence-corrected chi connectivity index (χ1v) is 9.13.